The fourth-order valence-corrected chi connectivity index (χ4v) is 3.58. The molecule has 2 heterocycles. The van der Waals surface area contributed by atoms with Crippen molar-refractivity contribution in [2.45, 2.75) is 6.54 Å². The predicted octanol–water partition coefficient (Wildman–Crippen LogP) is 3.84. The molecule has 0 aromatic carbocycles. The van der Waals surface area contributed by atoms with Crippen LogP contribution in [0.15, 0.2) is 33.4 Å². The van der Waals surface area contributed by atoms with Crippen LogP contribution in [0.3, 0.4) is 0 Å². The summed E-state index contributed by atoms with van der Waals surface area (Å²) in [6.07, 6.45) is 0. The molecule has 0 aliphatic heterocycles. The van der Waals surface area contributed by atoms with E-state index >= 15 is 0 Å². The Bertz CT molecular complexity index is 478. The Kier molecular flexibility index (Phi) is 3.78. The van der Waals surface area contributed by atoms with Gasteiger partial charge in [0.25, 0.3) is 5.91 Å². The van der Waals surface area contributed by atoms with Gasteiger partial charge in [-0.15, -0.1) is 22.7 Å². The van der Waals surface area contributed by atoms with Crippen molar-refractivity contribution in [3.05, 3.63) is 43.2 Å². The molecule has 0 atom stereocenters. The number of amides is 1. The van der Waals surface area contributed by atoms with Crippen molar-refractivity contribution in [2.75, 3.05) is 7.05 Å². The van der Waals surface area contributed by atoms with E-state index in [9.17, 15) is 4.79 Å². The molecule has 2 aromatic heterocycles. The molecular formula is C11H10BrNOS2. The van der Waals surface area contributed by atoms with Crippen LogP contribution in [-0.2, 0) is 6.54 Å². The zero-order valence-electron chi connectivity index (χ0n) is 8.64. The highest BCUT2D eigenvalue weighted by molar-refractivity contribution is 9.11. The molecule has 2 nitrogen and oxygen atoms in total. The van der Waals surface area contributed by atoms with E-state index in [1.807, 2.05) is 36.7 Å². The van der Waals surface area contributed by atoms with E-state index in [4.69, 9.17) is 0 Å². The Morgan fingerprint density at radius 2 is 2.25 bits per heavy atom. The summed E-state index contributed by atoms with van der Waals surface area (Å²) in [5.41, 5.74) is 0. The molecule has 0 N–H and O–H groups in total. The fourth-order valence-electron chi connectivity index (χ4n) is 1.33. The second-order valence-corrected chi connectivity index (χ2v) is 6.84. The number of thiophene rings is 2. The van der Waals surface area contributed by atoms with Crippen LogP contribution in [0.4, 0.5) is 0 Å². The van der Waals surface area contributed by atoms with Gasteiger partial charge in [0.05, 0.1) is 15.2 Å². The SMILES string of the molecule is CN(Cc1ccc(Br)s1)C(=O)c1cccs1. The first-order valence-corrected chi connectivity index (χ1v) is 7.19. The molecule has 5 heteroatoms. The summed E-state index contributed by atoms with van der Waals surface area (Å²) < 4.78 is 1.10. The first-order valence-electron chi connectivity index (χ1n) is 4.70. The molecule has 2 rings (SSSR count). The topological polar surface area (TPSA) is 20.3 Å². The minimum atomic E-state index is 0.0829. The van der Waals surface area contributed by atoms with Crippen molar-refractivity contribution in [1.29, 1.82) is 0 Å². The zero-order chi connectivity index (χ0) is 11.5. The van der Waals surface area contributed by atoms with Crippen molar-refractivity contribution in [2.24, 2.45) is 0 Å². The Labute approximate surface area is 111 Å². The summed E-state index contributed by atoms with van der Waals surface area (Å²) in [5.74, 6) is 0.0829. The summed E-state index contributed by atoms with van der Waals surface area (Å²) in [4.78, 5) is 15.7. The van der Waals surface area contributed by atoms with Crippen LogP contribution in [0, 0.1) is 0 Å². The second kappa shape index (κ2) is 5.12. The monoisotopic (exact) mass is 315 g/mol. The van der Waals surface area contributed by atoms with Gasteiger partial charge in [-0.25, -0.2) is 0 Å². The maximum atomic E-state index is 11.9. The number of halogens is 1. The van der Waals surface area contributed by atoms with Gasteiger partial charge in [0.1, 0.15) is 0 Å². The van der Waals surface area contributed by atoms with E-state index < -0.39 is 0 Å². The van der Waals surface area contributed by atoms with Crippen molar-refractivity contribution < 1.29 is 4.79 Å². The van der Waals surface area contributed by atoms with Gasteiger partial charge in [0.15, 0.2) is 0 Å². The normalized spacial score (nSPS) is 10.4. The Balaban J connectivity index is 2.03. The molecule has 2 aromatic rings. The molecule has 0 saturated carbocycles. The average molecular weight is 316 g/mol. The number of hydrogen-bond acceptors (Lipinski definition) is 3. The van der Waals surface area contributed by atoms with Crippen LogP contribution in [-0.4, -0.2) is 17.9 Å². The number of rotatable bonds is 3. The third kappa shape index (κ3) is 2.72. The van der Waals surface area contributed by atoms with E-state index in [1.165, 1.54) is 16.2 Å². The third-order valence-corrected chi connectivity index (χ3v) is 4.57. The molecule has 0 bridgehead atoms. The van der Waals surface area contributed by atoms with Crippen LogP contribution in [0.5, 0.6) is 0 Å². The van der Waals surface area contributed by atoms with Gasteiger partial charge in [-0.3, -0.25) is 4.79 Å². The van der Waals surface area contributed by atoms with E-state index in [0.717, 1.165) is 8.66 Å². The van der Waals surface area contributed by atoms with Crippen LogP contribution in [0.1, 0.15) is 14.5 Å². The first kappa shape index (κ1) is 11.8. The van der Waals surface area contributed by atoms with Crippen LogP contribution in [0.25, 0.3) is 0 Å². The molecule has 0 saturated heterocycles. The summed E-state index contributed by atoms with van der Waals surface area (Å²) >= 11 is 6.55. The number of hydrogen-bond donors (Lipinski definition) is 0. The quantitative estimate of drug-likeness (QED) is 0.842. The van der Waals surface area contributed by atoms with Crippen LogP contribution < -0.4 is 0 Å². The molecule has 0 spiro atoms. The lowest BCUT2D eigenvalue weighted by atomic mass is 10.4. The lowest BCUT2D eigenvalue weighted by Crippen LogP contribution is -2.24. The maximum absolute atomic E-state index is 11.9. The number of nitrogens with zero attached hydrogens (tertiary/aromatic N) is 1. The largest absolute Gasteiger partial charge is 0.336 e. The van der Waals surface area contributed by atoms with Crippen molar-refractivity contribution in [3.63, 3.8) is 0 Å². The van der Waals surface area contributed by atoms with Gasteiger partial charge in [-0.2, -0.15) is 0 Å². The Hall–Kier alpha value is -0.650. The maximum Gasteiger partial charge on any atom is 0.263 e. The van der Waals surface area contributed by atoms with Gasteiger partial charge in [0.2, 0.25) is 0 Å². The van der Waals surface area contributed by atoms with Gasteiger partial charge in [-0.05, 0) is 39.5 Å². The zero-order valence-corrected chi connectivity index (χ0v) is 11.9. The lowest BCUT2D eigenvalue weighted by Gasteiger charge is -2.14. The molecule has 1 amide bonds. The third-order valence-electron chi connectivity index (χ3n) is 2.10. The summed E-state index contributed by atoms with van der Waals surface area (Å²) in [6.45, 7) is 0.660. The van der Waals surface area contributed by atoms with Gasteiger partial charge in [0, 0.05) is 11.9 Å². The molecule has 0 fully saturated rings. The Morgan fingerprint density at radius 3 is 2.81 bits per heavy atom. The molecule has 16 heavy (non-hydrogen) atoms. The highest BCUT2D eigenvalue weighted by Gasteiger charge is 2.13. The van der Waals surface area contributed by atoms with Gasteiger partial charge >= 0.3 is 0 Å². The predicted molar refractivity (Wildman–Crippen MR) is 72.1 cm³/mol. The highest BCUT2D eigenvalue weighted by Crippen LogP contribution is 2.23. The van der Waals surface area contributed by atoms with Gasteiger partial charge < -0.3 is 4.90 Å². The molecule has 0 unspecified atom stereocenters. The van der Waals surface area contributed by atoms with Crippen molar-refractivity contribution >= 4 is 44.5 Å². The summed E-state index contributed by atoms with van der Waals surface area (Å²) in [6, 6.07) is 7.79. The number of carbonyl (C=O) groups excluding carboxylic acids is 1. The minimum Gasteiger partial charge on any atom is -0.336 e. The van der Waals surface area contributed by atoms with Crippen LogP contribution in [0.2, 0.25) is 0 Å². The lowest BCUT2D eigenvalue weighted by molar-refractivity contribution is 0.0791. The molecule has 0 aliphatic rings. The van der Waals surface area contributed by atoms with E-state index in [-0.39, 0.29) is 5.91 Å². The summed E-state index contributed by atoms with van der Waals surface area (Å²) in [7, 11) is 1.83. The first-order chi connectivity index (χ1) is 7.66. The standard InChI is InChI=1S/C11H10BrNOS2/c1-13(7-8-4-5-10(12)16-8)11(14)9-3-2-6-15-9/h2-6H,7H2,1H3. The van der Waals surface area contributed by atoms with Crippen molar-refractivity contribution in [1.82, 2.24) is 4.90 Å². The molecule has 0 radical (unpaired) electrons. The summed E-state index contributed by atoms with van der Waals surface area (Å²) in [5, 5.41) is 1.92. The highest BCUT2D eigenvalue weighted by atomic mass is 79.9. The van der Waals surface area contributed by atoms with E-state index in [0.29, 0.717) is 6.54 Å². The van der Waals surface area contributed by atoms with Gasteiger partial charge in [-0.1, -0.05) is 6.07 Å². The second-order valence-electron chi connectivity index (χ2n) is 3.34. The van der Waals surface area contributed by atoms with E-state index in [2.05, 4.69) is 15.9 Å². The smallest absolute Gasteiger partial charge is 0.263 e. The van der Waals surface area contributed by atoms with E-state index in [1.54, 1.807) is 16.2 Å². The minimum absolute atomic E-state index is 0.0829. The average Bonchev–Trinajstić information content (AvgIpc) is 2.88. The van der Waals surface area contributed by atoms with Crippen molar-refractivity contribution in [3.8, 4) is 0 Å². The fraction of sp³-hybridized carbons (Fsp3) is 0.182. The number of carbonyl (C=O) groups is 1. The molecule has 0 aliphatic carbocycles. The Morgan fingerprint density at radius 1 is 1.44 bits per heavy atom. The molecular weight excluding hydrogens is 306 g/mol. The van der Waals surface area contributed by atoms with Crippen LogP contribution >= 0.6 is 38.6 Å². The molecule has 84 valence electrons.